The molecule has 0 unspecified atom stereocenters. The first-order valence-electron chi connectivity index (χ1n) is 6.15. The van der Waals surface area contributed by atoms with Gasteiger partial charge in [-0.1, -0.05) is 30.3 Å². The van der Waals surface area contributed by atoms with E-state index in [1.54, 1.807) is 30.9 Å². The zero-order valence-corrected chi connectivity index (χ0v) is 11.7. The number of hydrogen-bond acceptors (Lipinski definition) is 4. The van der Waals surface area contributed by atoms with Crippen molar-refractivity contribution in [2.24, 2.45) is 10.1 Å². The Morgan fingerprint density at radius 2 is 2.00 bits per heavy atom. The molecule has 2 aromatic heterocycles. The Bertz CT molecular complexity index is 767. The summed E-state index contributed by atoms with van der Waals surface area (Å²) in [5, 5.41) is 6.52. The molecule has 20 heavy (non-hydrogen) atoms. The van der Waals surface area contributed by atoms with Crippen molar-refractivity contribution in [3.8, 4) is 11.3 Å². The molecule has 0 aliphatic heterocycles. The van der Waals surface area contributed by atoms with Crippen LogP contribution >= 0.6 is 11.3 Å². The summed E-state index contributed by atoms with van der Waals surface area (Å²) >= 11 is 1.56. The lowest BCUT2D eigenvalue weighted by Crippen LogP contribution is -2.11. The van der Waals surface area contributed by atoms with Crippen LogP contribution in [0.15, 0.2) is 68.6 Å². The molecule has 0 N–H and O–H groups in total. The third-order valence-corrected chi connectivity index (χ3v) is 3.70. The highest BCUT2D eigenvalue weighted by atomic mass is 32.1. The lowest BCUT2D eigenvalue weighted by Gasteiger charge is -2.02. The van der Waals surface area contributed by atoms with Crippen LogP contribution in [-0.2, 0) is 0 Å². The largest absolute Gasteiger partial charge is 0.463 e. The van der Waals surface area contributed by atoms with E-state index < -0.39 is 0 Å². The molecule has 0 atom stereocenters. The molecule has 4 nitrogen and oxygen atoms in total. The maximum atomic E-state index is 5.26. The number of furan rings is 1. The number of nitrogens with zero attached hydrogens (tertiary/aromatic N) is 3. The van der Waals surface area contributed by atoms with E-state index in [0.717, 1.165) is 16.1 Å². The Morgan fingerprint density at radius 1 is 1.15 bits per heavy atom. The van der Waals surface area contributed by atoms with Gasteiger partial charge < -0.3 is 4.42 Å². The molecule has 0 saturated heterocycles. The van der Waals surface area contributed by atoms with Crippen molar-refractivity contribution >= 4 is 17.6 Å². The quantitative estimate of drug-likeness (QED) is 0.680. The molecule has 0 spiro atoms. The molecule has 0 aliphatic carbocycles. The Balaban J connectivity index is 2.07. The van der Waals surface area contributed by atoms with E-state index in [4.69, 9.17) is 4.42 Å². The molecule has 5 heteroatoms. The SMILES string of the molecule is CN=c1scc(-c2ccccc2)n1/N=C\c1ccco1. The molecule has 0 fully saturated rings. The van der Waals surface area contributed by atoms with E-state index >= 15 is 0 Å². The lowest BCUT2D eigenvalue weighted by molar-refractivity contribution is 0.559. The average Bonchev–Trinajstić information content (AvgIpc) is 3.15. The van der Waals surface area contributed by atoms with Crippen molar-refractivity contribution in [3.05, 3.63) is 64.7 Å². The van der Waals surface area contributed by atoms with Gasteiger partial charge in [0, 0.05) is 18.0 Å². The monoisotopic (exact) mass is 283 g/mol. The van der Waals surface area contributed by atoms with Crippen molar-refractivity contribution in [1.82, 2.24) is 4.68 Å². The fourth-order valence-electron chi connectivity index (χ4n) is 1.85. The maximum Gasteiger partial charge on any atom is 0.205 e. The predicted octanol–water partition coefficient (Wildman–Crippen LogP) is 3.22. The predicted molar refractivity (Wildman–Crippen MR) is 80.9 cm³/mol. The number of hydrogen-bond donors (Lipinski definition) is 0. The highest BCUT2D eigenvalue weighted by Gasteiger charge is 2.06. The van der Waals surface area contributed by atoms with Crippen molar-refractivity contribution in [3.63, 3.8) is 0 Å². The van der Waals surface area contributed by atoms with Crippen LogP contribution in [0.4, 0.5) is 0 Å². The minimum absolute atomic E-state index is 0.713. The van der Waals surface area contributed by atoms with Crippen molar-refractivity contribution in [2.75, 3.05) is 7.05 Å². The summed E-state index contributed by atoms with van der Waals surface area (Å²) in [5.41, 5.74) is 2.12. The molecule has 0 aliphatic rings. The smallest absolute Gasteiger partial charge is 0.205 e. The Hall–Kier alpha value is -2.40. The third kappa shape index (κ3) is 2.48. The van der Waals surface area contributed by atoms with E-state index in [2.05, 4.69) is 27.6 Å². The molecule has 0 amide bonds. The summed E-state index contributed by atoms with van der Waals surface area (Å²) in [5.74, 6) is 0.713. The molecule has 1 aromatic carbocycles. The van der Waals surface area contributed by atoms with Gasteiger partial charge in [-0.05, 0) is 12.1 Å². The molecule has 3 rings (SSSR count). The Morgan fingerprint density at radius 3 is 2.70 bits per heavy atom. The second-order valence-electron chi connectivity index (χ2n) is 4.06. The summed E-state index contributed by atoms with van der Waals surface area (Å²) in [6.07, 6.45) is 3.32. The molecular weight excluding hydrogens is 270 g/mol. The number of rotatable bonds is 3. The van der Waals surface area contributed by atoms with Crippen molar-refractivity contribution in [2.45, 2.75) is 0 Å². The Kier molecular flexibility index (Phi) is 3.60. The van der Waals surface area contributed by atoms with E-state index in [1.165, 1.54) is 0 Å². The van der Waals surface area contributed by atoms with Crippen LogP contribution in [0.25, 0.3) is 11.3 Å². The molecule has 0 radical (unpaired) electrons. The van der Waals surface area contributed by atoms with E-state index in [1.807, 2.05) is 35.0 Å². The molecule has 3 aromatic rings. The Labute approximate surface area is 120 Å². The van der Waals surface area contributed by atoms with Crippen molar-refractivity contribution < 1.29 is 4.42 Å². The van der Waals surface area contributed by atoms with Gasteiger partial charge in [-0.3, -0.25) is 4.99 Å². The first-order valence-corrected chi connectivity index (χ1v) is 7.03. The molecule has 2 heterocycles. The number of thiazole rings is 1. The fraction of sp³-hybridized carbons (Fsp3) is 0.0667. The second-order valence-corrected chi connectivity index (χ2v) is 4.90. The zero-order valence-electron chi connectivity index (χ0n) is 10.9. The topological polar surface area (TPSA) is 42.8 Å². The number of aromatic nitrogens is 1. The van der Waals surface area contributed by atoms with Crippen LogP contribution in [0.5, 0.6) is 0 Å². The number of benzene rings is 1. The highest BCUT2D eigenvalue weighted by Crippen LogP contribution is 2.19. The summed E-state index contributed by atoms with van der Waals surface area (Å²) in [4.78, 5) is 5.09. The summed E-state index contributed by atoms with van der Waals surface area (Å²) in [7, 11) is 1.76. The standard InChI is InChI=1S/C15H13N3OS/c1-16-15-18(17-10-13-8-5-9-19-13)14(11-20-15)12-6-3-2-4-7-12/h2-11H,1H3/b16-15?,17-10-. The lowest BCUT2D eigenvalue weighted by atomic mass is 10.2. The van der Waals surface area contributed by atoms with Crippen LogP contribution in [0.2, 0.25) is 0 Å². The van der Waals surface area contributed by atoms with E-state index in [-0.39, 0.29) is 0 Å². The van der Waals surface area contributed by atoms with Gasteiger partial charge in [0.25, 0.3) is 0 Å². The van der Waals surface area contributed by atoms with Crippen LogP contribution in [-0.4, -0.2) is 17.9 Å². The van der Waals surface area contributed by atoms with Gasteiger partial charge in [0.2, 0.25) is 4.80 Å². The van der Waals surface area contributed by atoms with E-state index in [9.17, 15) is 0 Å². The van der Waals surface area contributed by atoms with Gasteiger partial charge in [-0.2, -0.15) is 5.10 Å². The molecular formula is C15H13N3OS. The minimum atomic E-state index is 0.713. The first kappa shape index (κ1) is 12.6. The fourth-order valence-corrected chi connectivity index (χ4v) is 2.65. The van der Waals surface area contributed by atoms with Gasteiger partial charge in [0.15, 0.2) is 0 Å². The minimum Gasteiger partial charge on any atom is -0.463 e. The van der Waals surface area contributed by atoms with Crippen molar-refractivity contribution in [1.29, 1.82) is 0 Å². The second kappa shape index (κ2) is 5.71. The van der Waals surface area contributed by atoms with Gasteiger partial charge >= 0.3 is 0 Å². The zero-order chi connectivity index (χ0) is 13.8. The molecule has 100 valence electrons. The summed E-state index contributed by atoms with van der Waals surface area (Å²) < 4.78 is 7.08. The third-order valence-electron chi connectivity index (χ3n) is 2.79. The average molecular weight is 283 g/mol. The highest BCUT2D eigenvalue weighted by molar-refractivity contribution is 7.07. The van der Waals surface area contributed by atoms with Crippen LogP contribution in [0.3, 0.4) is 0 Å². The molecule has 0 bridgehead atoms. The van der Waals surface area contributed by atoms with Crippen LogP contribution in [0.1, 0.15) is 5.76 Å². The van der Waals surface area contributed by atoms with Crippen LogP contribution < -0.4 is 4.80 Å². The normalized spacial score (nSPS) is 12.3. The van der Waals surface area contributed by atoms with Gasteiger partial charge in [-0.15, -0.1) is 11.3 Å². The van der Waals surface area contributed by atoms with Gasteiger partial charge in [-0.25, -0.2) is 4.68 Å². The van der Waals surface area contributed by atoms with E-state index in [0.29, 0.717) is 5.76 Å². The van der Waals surface area contributed by atoms with Gasteiger partial charge in [0.05, 0.1) is 18.2 Å². The summed E-state index contributed by atoms with van der Waals surface area (Å²) in [6.45, 7) is 0. The summed E-state index contributed by atoms with van der Waals surface area (Å²) in [6, 6.07) is 13.8. The van der Waals surface area contributed by atoms with Crippen LogP contribution in [0, 0.1) is 0 Å². The maximum absolute atomic E-state index is 5.26. The molecule has 0 saturated carbocycles. The van der Waals surface area contributed by atoms with Gasteiger partial charge in [0.1, 0.15) is 5.76 Å². The first-order chi connectivity index (χ1) is 9.88.